The van der Waals surface area contributed by atoms with Gasteiger partial charge in [0.15, 0.2) is 0 Å². The third-order valence-corrected chi connectivity index (χ3v) is 4.63. The van der Waals surface area contributed by atoms with Crippen molar-refractivity contribution in [3.8, 4) is 17.1 Å². The van der Waals surface area contributed by atoms with E-state index < -0.39 is 0 Å². The number of hydrogen-bond acceptors (Lipinski definition) is 6. The predicted octanol–water partition coefficient (Wildman–Crippen LogP) is 2.87. The second kappa shape index (κ2) is 8.08. The molecule has 0 bridgehead atoms. The number of rotatable bonds is 5. The molecule has 0 saturated carbocycles. The van der Waals surface area contributed by atoms with Crippen LogP contribution in [0, 0.1) is 5.92 Å². The summed E-state index contributed by atoms with van der Waals surface area (Å²) in [7, 11) is 1.64. The molecule has 2 aromatic rings. The van der Waals surface area contributed by atoms with Gasteiger partial charge in [-0.15, -0.1) is 0 Å². The number of likely N-dealkylation sites (tertiary alicyclic amines) is 1. The number of aromatic nitrogens is 2. The van der Waals surface area contributed by atoms with Crippen molar-refractivity contribution in [2.45, 2.75) is 45.7 Å². The highest BCUT2D eigenvalue weighted by atomic mass is 16.5. The van der Waals surface area contributed by atoms with Crippen molar-refractivity contribution in [3.05, 3.63) is 30.2 Å². The highest BCUT2D eigenvalue weighted by Crippen LogP contribution is 2.22. The smallest absolute Gasteiger partial charge is 0.241 e. The molecule has 7 heteroatoms. The molecule has 1 saturated heterocycles. The van der Waals surface area contributed by atoms with E-state index in [0.29, 0.717) is 18.3 Å². The lowest BCUT2D eigenvalue weighted by molar-refractivity contribution is -0.127. The van der Waals surface area contributed by atoms with E-state index in [0.717, 1.165) is 37.2 Å². The van der Waals surface area contributed by atoms with Gasteiger partial charge in [0.25, 0.3) is 0 Å². The fraction of sp³-hybridized carbons (Fsp3) is 0.550. The second-order valence-electron chi connectivity index (χ2n) is 8.03. The first kappa shape index (κ1) is 19.4. The summed E-state index contributed by atoms with van der Waals surface area (Å²) < 4.78 is 10.6. The summed E-state index contributed by atoms with van der Waals surface area (Å²) in [6.45, 7) is 8.34. The van der Waals surface area contributed by atoms with Gasteiger partial charge in [0.05, 0.1) is 13.7 Å². The van der Waals surface area contributed by atoms with Gasteiger partial charge in [-0.05, 0) is 71.0 Å². The Morgan fingerprint density at radius 1 is 1.26 bits per heavy atom. The van der Waals surface area contributed by atoms with Gasteiger partial charge in [0, 0.05) is 17.0 Å². The lowest BCUT2D eigenvalue weighted by Gasteiger charge is -2.32. The number of ether oxygens (including phenoxy) is 1. The Balaban J connectivity index is 1.52. The third-order valence-electron chi connectivity index (χ3n) is 4.63. The van der Waals surface area contributed by atoms with Gasteiger partial charge in [-0.1, -0.05) is 5.16 Å². The van der Waals surface area contributed by atoms with E-state index in [4.69, 9.17) is 9.26 Å². The van der Waals surface area contributed by atoms with E-state index in [1.807, 2.05) is 45.0 Å². The Morgan fingerprint density at radius 3 is 2.52 bits per heavy atom. The maximum Gasteiger partial charge on any atom is 0.241 e. The first-order valence-corrected chi connectivity index (χ1v) is 9.35. The monoisotopic (exact) mass is 372 g/mol. The van der Waals surface area contributed by atoms with E-state index in [2.05, 4.69) is 20.4 Å². The zero-order chi connectivity index (χ0) is 19.4. The van der Waals surface area contributed by atoms with Gasteiger partial charge >= 0.3 is 0 Å². The molecular formula is C20H28N4O3. The topological polar surface area (TPSA) is 80.5 Å². The van der Waals surface area contributed by atoms with Crippen LogP contribution in [0.25, 0.3) is 11.4 Å². The van der Waals surface area contributed by atoms with Crippen molar-refractivity contribution >= 4 is 5.91 Å². The van der Waals surface area contributed by atoms with E-state index in [1.165, 1.54) is 0 Å². The maximum atomic E-state index is 12.3. The molecule has 1 aliphatic heterocycles. The van der Waals surface area contributed by atoms with Crippen LogP contribution in [-0.2, 0) is 11.3 Å². The lowest BCUT2D eigenvalue weighted by Crippen LogP contribution is -2.46. The summed E-state index contributed by atoms with van der Waals surface area (Å²) in [5.41, 5.74) is 0.707. The summed E-state index contributed by atoms with van der Waals surface area (Å²) in [5.74, 6) is 2.20. The van der Waals surface area contributed by atoms with Crippen molar-refractivity contribution < 1.29 is 14.1 Å². The van der Waals surface area contributed by atoms with Crippen LogP contribution in [0.1, 0.15) is 39.5 Å². The highest BCUT2D eigenvalue weighted by molar-refractivity contribution is 5.79. The van der Waals surface area contributed by atoms with Crippen LogP contribution in [0.15, 0.2) is 28.8 Å². The largest absolute Gasteiger partial charge is 0.497 e. The van der Waals surface area contributed by atoms with Gasteiger partial charge in [0.1, 0.15) is 5.75 Å². The molecule has 7 nitrogen and oxygen atoms in total. The van der Waals surface area contributed by atoms with Crippen LogP contribution in [0.3, 0.4) is 0 Å². The summed E-state index contributed by atoms with van der Waals surface area (Å²) in [5, 5.41) is 7.15. The molecule has 146 valence electrons. The zero-order valence-electron chi connectivity index (χ0n) is 16.5. The summed E-state index contributed by atoms with van der Waals surface area (Å²) in [6, 6.07) is 7.57. The van der Waals surface area contributed by atoms with Crippen LogP contribution >= 0.6 is 0 Å². The Labute approximate surface area is 160 Å². The number of methoxy groups -OCH3 is 1. The molecule has 1 fully saturated rings. The third kappa shape index (κ3) is 5.29. The molecule has 1 N–H and O–H groups in total. The Bertz CT molecular complexity index is 756. The summed E-state index contributed by atoms with van der Waals surface area (Å²) >= 11 is 0. The standard InChI is InChI=1S/C20H28N4O3/c1-20(2,3)22-19(25)15-9-11-24(12-10-15)13-17-21-18(23-27-17)14-5-7-16(26-4)8-6-14/h5-8,15H,9-13H2,1-4H3,(H,22,25). The van der Waals surface area contributed by atoms with Crippen molar-refractivity contribution in [1.29, 1.82) is 0 Å². The fourth-order valence-corrected chi connectivity index (χ4v) is 3.19. The van der Waals surface area contributed by atoms with Crippen molar-refractivity contribution in [2.24, 2.45) is 5.92 Å². The number of nitrogens with one attached hydrogen (secondary N) is 1. The minimum atomic E-state index is -0.185. The number of hydrogen-bond donors (Lipinski definition) is 1. The molecule has 0 aliphatic carbocycles. The number of piperidine rings is 1. The second-order valence-corrected chi connectivity index (χ2v) is 8.03. The molecule has 0 atom stereocenters. The van der Waals surface area contributed by atoms with Crippen molar-refractivity contribution in [2.75, 3.05) is 20.2 Å². The lowest BCUT2D eigenvalue weighted by atomic mass is 9.94. The summed E-state index contributed by atoms with van der Waals surface area (Å²) in [4.78, 5) is 19.1. The molecule has 1 aliphatic rings. The Kier molecular flexibility index (Phi) is 5.79. The number of amides is 1. The van der Waals surface area contributed by atoms with Crippen molar-refractivity contribution in [1.82, 2.24) is 20.4 Å². The first-order chi connectivity index (χ1) is 12.8. The van der Waals surface area contributed by atoms with E-state index in [-0.39, 0.29) is 17.4 Å². The van der Waals surface area contributed by atoms with E-state index in [9.17, 15) is 4.79 Å². The Hall–Kier alpha value is -2.41. The van der Waals surface area contributed by atoms with E-state index >= 15 is 0 Å². The highest BCUT2D eigenvalue weighted by Gasteiger charge is 2.28. The molecular weight excluding hydrogens is 344 g/mol. The molecule has 1 amide bonds. The average Bonchev–Trinajstić information content (AvgIpc) is 3.09. The average molecular weight is 372 g/mol. The van der Waals surface area contributed by atoms with Crippen LogP contribution in [0.2, 0.25) is 0 Å². The minimum absolute atomic E-state index is 0.0815. The normalized spacial score (nSPS) is 16.3. The molecule has 27 heavy (non-hydrogen) atoms. The zero-order valence-corrected chi connectivity index (χ0v) is 16.5. The van der Waals surface area contributed by atoms with Gasteiger partial charge in [-0.25, -0.2) is 0 Å². The SMILES string of the molecule is COc1ccc(-c2noc(CN3CCC(C(=O)NC(C)(C)C)CC3)n2)cc1. The Morgan fingerprint density at radius 2 is 1.93 bits per heavy atom. The number of nitrogens with zero attached hydrogens (tertiary/aromatic N) is 3. The van der Waals surface area contributed by atoms with Crippen molar-refractivity contribution in [3.63, 3.8) is 0 Å². The molecule has 0 radical (unpaired) electrons. The minimum Gasteiger partial charge on any atom is -0.497 e. The van der Waals surface area contributed by atoms with Gasteiger partial charge in [-0.2, -0.15) is 4.98 Å². The molecule has 0 unspecified atom stereocenters. The predicted molar refractivity (Wildman–Crippen MR) is 102 cm³/mol. The molecule has 2 heterocycles. The van der Waals surface area contributed by atoms with Gasteiger partial charge in [0.2, 0.25) is 17.6 Å². The molecule has 1 aromatic carbocycles. The number of benzene rings is 1. The molecule has 3 rings (SSSR count). The van der Waals surface area contributed by atoms with Crippen LogP contribution in [0.4, 0.5) is 0 Å². The fourth-order valence-electron chi connectivity index (χ4n) is 3.19. The van der Waals surface area contributed by atoms with Crippen LogP contribution in [0.5, 0.6) is 5.75 Å². The van der Waals surface area contributed by atoms with Gasteiger partial charge in [-0.3, -0.25) is 9.69 Å². The first-order valence-electron chi connectivity index (χ1n) is 9.35. The summed E-state index contributed by atoms with van der Waals surface area (Å²) in [6.07, 6.45) is 1.70. The molecule has 0 spiro atoms. The van der Waals surface area contributed by atoms with E-state index in [1.54, 1.807) is 7.11 Å². The molecule has 1 aromatic heterocycles. The number of carbonyl (C=O) groups is 1. The maximum absolute atomic E-state index is 12.3. The van der Waals surface area contributed by atoms with Gasteiger partial charge < -0.3 is 14.6 Å². The quantitative estimate of drug-likeness (QED) is 0.869. The van der Waals surface area contributed by atoms with Crippen LogP contribution < -0.4 is 10.1 Å². The number of carbonyl (C=O) groups excluding carboxylic acids is 1. The van der Waals surface area contributed by atoms with Crippen LogP contribution in [-0.4, -0.2) is 46.7 Å².